The number of carbonyl (C=O) groups is 2. The van der Waals surface area contributed by atoms with Crippen molar-refractivity contribution >= 4 is 11.9 Å². The van der Waals surface area contributed by atoms with E-state index in [1.807, 2.05) is 0 Å². The van der Waals surface area contributed by atoms with Gasteiger partial charge in [-0.2, -0.15) is 0 Å². The van der Waals surface area contributed by atoms with Crippen LogP contribution in [0, 0.1) is 0 Å². The van der Waals surface area contributed by atoms with Crippen molar-refractivity contribution in [2.24, 2.45) is 5.73 Å². The number of amides is 1. The molecule has 1 aromatic rings. The van der Waals surface area contributed by atoms with Crippen molar-refractivity contribution in [3.8, 4) is 11.5 Å². The van der Waals surface area contributed by atoms with E-state index in [-0.39, 0.29) is 11.3 Å². The summed E-state index contributed by atoms with van der Waals surface area (Å²) in [5.41, 5.74) is 5.33. The summed E-state index contributed by atoms with van der Waals surface area (Å²) in [6.07, 6.45) is 1.48. The predicted molar refractivity (Wildman–Crippen MR) is 71.6 cm³/mol. The Kier molecular flexibility index (Phi) is 5.79. The van der Waals surface area contributed by atoms with Gasteiger partial charge in [0.1, 0.15) is 6.04 Å². The highest BCUT2D eigenvalue weighted by molar-refractivity contribution is 5.97. The van der Waals surface area contributed by atoms with Crippen LogP contribution in [0.3, 0.4) is 0 Å². The number of hydrogen-bond acceptors (Lipinski definition) is 5. The minimum Gasteiger partial charge on any atom is -0.504 e. The Morgan fingerprint density at radius 2 is 1.95 bits per heavy atom. The van der Waals surface area contributed by atoms with Crippen molar-refractivity contribution in [2.45, 2.75) is 25.3 Å². The van der Waals surface area contributed by atoms with E-state index in [1.165, 1.54) is 18.2 Å². The molecular formula is C13H18N2O5. The fourth-order valence-electron chi connectivity index (χ4n) is 1.62. The lowest BCUT2D eigenvalue weighted by Gasteiger charge is -2.08. The molecule has 7 heteroatoms. The van der Waals surface area contributed by atoms with Gasteiger partial charge in [-0.15, -0.1) is 0 Å². The van der Waals surface area contributed by atoms with E-state index in [9.17, 15) is 19.8 Å². The zero-order valence-corrected chi connectivity index (χ0v) is 10.9. The number of para-hydroxylation sites is 1. The van der Waals surface area contributed by atoms with Gasteiger partial charge < -0.3 is 26.4 Å². The molecule has 20 heavy (non-hydrogen) atoms. The molecule has 0 saturated heterocycles. The number of unbranched alkanes of at least 4 members (excludes halogenated alkanes) is 1. The summed E-state index contributed by atoms with van der Waals surface area (Å²) in [4.78, 5) is 22.2. The van der Waals surface area contributed by atoms with E-state index < -0.39 is 23.7 Å². The molecule has 6 N–H and O–H groups in total. The van der Waals surface area contributed by atoms with Gasteiger partial charge in [-0.25, -0.2) is 0 Å². The van der Waals surface area contributed by atoms with E-state index in [2.05, 4.69) is 5.32 Å². The van der Waals surface area contributed by atoms with Crippen molar-refractivity contribution in [3.63, 3.8) is 0 Å². The van der Waals surface area contributed by atoms with Gasteiger partial charge in [-0.05, 0) is 31.4 Å². The van der Waals surface area contributed by atoms with E-state index in [0.717, 1.165) is 0 Å². The molecule has 1 atom stereocenters. The van der Waals surface area contributed by atoms with Gasteiger partial charge in [-0.3, -0.25) is 9.59 Å². The summed E-state index contributed by atoms with van der Waals surface area (Å²) in [5, 5.41) is 29.9. The van der Waals surface area contributed by atoms with Crippen molar-refractivity contribution in [2.75, 3.05) is 6.54 Å². The van der Waals surface area contributed by atoms with Crippen LogP contribution in [0.1, 0.15) is 29.6 Å². The molecule has 0 saturated carbocycles. The molecular weight excluding hydrogens is 264 g/mol. The summed E-state index contributed by atoms with van der Waals surface area (Å²) in [7, 11) is 0. The smallest absolute Gasteiger partial charge is 0.320 e. The van der Waals surface area contributed by atoms with Gasteiger partial charge in [0.15, 0.2) is 11.5 Å². The first-order valence-corrected chi connectivity index (χ1v) is 6.21. The normalized spacial score (nSPS) is 11.8. The van der Waals surface area contributed by atoms with Gasteiger partial charge >= 0.3 is 5.97 Å². The molecule has 1 amide bonds. The standard InChI is InChI=1S/C13H18N2O5/c14-9(13(19)20)5-1-2-7-15-12(18)8-4-3-6-10(16)11(8)17/h3-4,6,9,16-17H,1-2,5,7,14H2,(H,15,18)(H,19,20)/t9-/m0/s1. The largest absolute Gasteiger partial charge is 0.504 e. The van der Waals surface area contributed by atoms with Crippen LogP contribution < -0.4 is 11.1 Å². The summed E-state index contributed by atoms with van der Waals surface area (Å²) in [5.74, 6) is -2.36. The average molecular weight is 282 g/mol. The van der Waals surface area contributed by atoms with E-state index in [0.29, 0.717) is 25.8 Å². The molecule has 0 heterocycles. The third-order valence-electron chi connectivity index (χ3n) is 2.80. The van der Waals surface area contributed by atoms with Gasteiger partial charge in [-0.1, -0.05) is 6.07 Å². The number of benzene rings is 1. The second-order valence-electron chi connectivity index (χ2n) is 4.37. The highest BCUT2D eigenvalue weighted by atomic mass is 16.4. The summed E-state index contributed by atoms with van der Waals surface area (Å²) in [6.45, 7) is 0.334. The third-order valence-corrected chi connectivity index (χ3v) is 2.80. The minimum atomic E-state index is -1.04. The molecule has 0 unspecified atom stereocenters. The van der Waals surface area contributed by atoms with Crippen molar-refractivity contribution in [3.05, 3.63) is 23.8 Å². The third kappa shape index (κ3) is 4.43. The molecule has 1 aromatic carbocycles. The Morgan fingerprint density at radius 3 is 2.60 bits per heavy atom. The number of aromatic hydroxyl groups is 2. The number of phenols is 2. The molecule has 0 aliphatic heterocycles. The molecule has 110 valence electrons. The van der Waals surface area contributed by atoms with Crippen LogP contribution in [0.25, 0.3) is 0 Å². The van der Waals surface area contributed by atoms with Crippen LogP contribution in [0.4, 0.5) is 0 Å². The maximum absolute atomic E-state index is 11.7. The second-order valence-corrected chi connectivity index (χ2v) is 4.37. The lowest BCUT2D eigenvalue weighted by atomic mass is 10.1. The first-order chi connectivity index (χ1) is 9.43. The van der Waals surface area contributed by atoms with Crippen molar-refractivity contribution in [1.29, 1.82) is 0 Å². The van der Waals surface area contributed by atoms with E-state index in [4.69, 9.17) is 10.8 Å². The molecule has 0 fully saturated rings. The highest BCUT2D eigenvalue weighted by Crippen LogP contribution is 2.27. The van der Waals surface area contributed by atoms with E-state index >= 15 is 0 Å². The van der Waals surface area contributed by atoms with Gasteiger partial charge in [0.2, 0.25) is 0 Å². The van der Waals surface area contributed by atoms with Crippen LogP contribution in [0.2, 0.25) is 0 Å². The van der Waals surface area contributed by atoms with Crippen LogP contribution in [-0.4, -0.2) is 39.8 Å². The molecule has 0 bridgehead atoms. The van der Waals surface area contributed by atoms with Crippen LogP contribution >= 0.6 is 0 Å². The molecule has 0 aliphatic rings. The lowest BCUT2D eigenvalue weighted by Crippen LogP contribution is -2.30. The van der Waals surface area contributed by atoms with E-state index in [1.54, 1.807) is 0 Å². The maximum Gasteiger partial charge on any atom is 0.320 e. The van der Waals surface area contributed by atoms with Crippen LogP contribution in [0.5, 0.6) is 11.5 Å². The first kappa shape index (κ1) is 15.8. The Hall–Kier alpha value is -2.28. The molecule has 0 spiro atoms. The Labute approximate surface area is 116 Å². The summed E-state index contributed by atoms with van der Waals surface area (Å²) >= 11 is 0. The number of carboxylic acids is 1. The zero-order valence-electron chi connectivity index (χ0n) is 10.9. The second kappa shape index (κ2) is 7.34. The predicted octanol–water partition coefficient (Wildman–Crippen LogP) is 0.410. The number of nitrogens with one attached hydrogen (secondary N) is 1. The quantitative estimate of drug-likeness (QED) is 0.363. The van der Waals surface area contributed by atoms with Crippen LogP contribution in [-0.2, 0) is 4.79 Å². The lowest BCUT2D eigenvalue weighted by molar-refractivity contribution is -0.138. The number of nitrogens with two attached hydrogens (primary N) is 1. The zero-order chi connectivity index (χ0) is 15.1. The molecule has 0 aliphatic carbocycles. The number of hydrogen-bond donors (Lipinski definition) is 5. The van der Waals surface area contributed by atoms with Gasteiger partial charge in [0.25, 0.3) is 5.91 Å². The average Bonchev–Trinajstić information content (AvgIpc) is 2.40. The van der Waals surface area contributed by atoms with Crippen molar-refractivity contribution in [1.82, 2.24) is 5.32 Å². The van der Waals surface area contributed by atoms with Crippen LogP contribution in [0.15, 0.2) is 18.2 Å². The number of rotatable bonds is 7. The summed E-state index contributed by atoms with van der Waals surface area (Å²) < 4.78 is 0. The Bertz CT molecular complexity index is 490. The SMILES string of the molecule is N[C@@H](CCCCNC(=O)c1cccc(O)c1O)C(=O)O. The minimum absolute atomic E-state index is 0.00719. The highest BCUT2D eigenvalue weighted by Gasteiger charge is 2.13. The molecule has 0 radical (unpaired) electrons. The number of carbonyl (C=O) groups excluding carboxylic acids is 1. The molecule has 1 rings (SSSR count). The fourth-order valence-corrected chi connectivity index (χ4v) is 1.62. The fraction of sp³-hybridized carbons (Fsp3) is 0.385. The maximum atomic E-state index is 11.7. The summed E-state index contributed by atoms with van der Waals surface area (Å²) in [6, 6.07) is 3.24. The van der Waals surface area contributed by atoms with Gasteiger partial charge in [0.05, 0.1) is 5.56 Å². The number of phenolic OH excluding ortho intramolecular Hbond substituents is 2. The first-order valence-electron chi connectivity index (χ1n) is 6.21. The molecule has 7 nitrogen and oxygen atoms in total. The monoisotopic (exact) mass is 282 g/mol. The number of carboxylic acid groups (broad SMARTS) is 1. The Morgan fingerprint density at radius 1 is 1.25 bits per heavy atom. The topological polar surface area (TPSA) is 133 Å². The van der Waals surface area contributed by atoms with Gasteiger partial charge in [0, 0.05) is 6.54 Å². The Balaban J connectivity index is 2.34. The van der Waals surface area contributed by atoms with Crippen molar-refractivity contribution < 1.29 is 24.9 Å². The molecule has 0 aromatic heterocycles. The number of aliphatic carboxylic acids is 1.